The van der Waals surface area contributed by atoms with Crippen molar-refractivity contribution >= 4 is 22.6 Å². The third-order valence-electron chi connectivity index (χ3n) is 3.61. The zero-order valence-electron chi connectivity index (χ0n) is 9.46. The van der Waals surface area contributed by atoms with Crippen LogP contribution in [0.15, 0.2) is 0 Å². The van der Waals surface area contributed by atoms with Crippen LogP contribution in [0.3, 0.4) is 0 Å². The van der Waals surface area contributed by atoms with Crippen LogP contribution in [0, 0.1) is 0 Å². The second-order valence-corrected chi connectivity index (χ2v) is 5.46. The summed E-state index contributed by atoms with van der Waals surface area (Å²) in [5.41, 5.74) is 5.59. The average Bonchev–Trinajstić information content (AvgIpc) is 2.84. The van der Waals surface area contributed by atoms with Crippen LogP contribution in [0.2, 0.25) is 0 Å². The molecule has 2 unspecified atom stereocenters. The molecular formula is C10H17N5S. The molecule has 2 N–H and O–H groups in total. The number of nitrogens with two attached hydrogens (primary N) is 1. The minimum Gasteiger partial charge on any atom is -0.367 e. The summed E-state index contributed by atoms with van der Waals surface area (Å²) >= 11 is 1.42. The van der Waals surface area contributed by atoms with E-state index in [0.717, 1.165) is 18.2 Å². The van der Waals surface area contributed by atoms with Gasteiger partial charge in [0.05, 0.1) is 0 Å². The van der Waals surface area contributed by atoms with E-state index in [2.05, 4.69) is 26.1 Å². The maximum Gasteiger partial charge on any atom is 0.233 e. The molecule has 0 amide bonds. The molecule has 0 bridgehead atoms. The normalized spacial score (nSPS) is 30.7. The molecule has 2 fully saturated rings. The Balaban J connectivity index is 1.80. The fourth-order valence-corrected chi connectivity index (χ4v) is 3.51. The largest absolute Gasteiger partial charge is 0.367 e. The predicted octanol–water partition coefficient (Wildman–Crippen LogP) is 0.793. The van der Waals surface area contributed by atoms with Crippen LogP contribution < -0.4 is 10.6 Å². The van der Waals surface area contributed by atoms with Gasteiger partial charge in [-0.05, 0) is 26.3 Å². The van der Waals surface area contributed by atoms with E-state index < -0.39 is 0 Å². The zero-order chi connectivity index (χ0) is 11.1. The number of rotatable bonds is 1. The highest BCUT2D eigenvalue weighted by Gasteiger charge is 2.35. The molecule has 6 heteroatoms. The third kappa shape index (κ3) is 1.66. The van der Waals surface area contributed by atoms with Gasteiger partial charge in [0, 0.05) is 36.7 Å². The number of anilines is 2. The van der Waals surface area contributed by atoms with Gasteiger partial charge < -0.3 is 10.6 Å². The molecular weight excluding hydrogens is 222 g/mol. The molecule has 0 radical (unpaired) electrons. The van der Waals surface area contributed by atoms with Crippen molar-refractivity contribution in [2.45, 2.75) is 31.8 Å². The first-order valence-corrected chi connectivity index (χ1v) is 6.61. The monoisotopic (exact) mass is 239 g/mol. The van der Waals surface area contributed by atoms with E-state index in [1.807, 2.05) is 0 Å². The lowest BCUT2D eigenvalue weighted by Crippen LogP contribution is -2.55. The highest BCUT2D eigenvalue weighted by molar-refractivity contribution is 7.09. The van der Waals surface area contributed by atoms with Gasteiger partial charge in [-0.15, -0.1) is 0 Å². The third-order valence-corrected chi connectivity index (χ3v) is 4.38. The van der Waals surface area contributed by atoms with E-state index in [4.69, 9.17) is 5.73 Å². The van der Waals surface area contributed by atoms with Gasteiger partial charge in [0.1, 0.15) is 0 Å². The quantitative estimate of drug-likeness (QED) is 0.785. The minimum atomic E-state index is 0.404. The Morgan fingerprint density at radius 2 is 2.31 bits per heavy atom. The first kappa shape index (κ1) is 10.3. The Kier molecular flexibility index (Phi) is 2.48. The molecule has 2 aliphatic heterocycles. The van der Waals surface area contributed by atoms with Gasteiger partial charge in [-0.2, -0.15) is 9.36 Å². The van der Waals surface area contributed by atoms with Crippen LogP contribution >= 0.6 is 11.5 Å². The standard InChI is InChI=1S/C10H17N5S/c1-7-5-14-4-2-3-8(14)6-15(7)10-12-9(11)13-16-10/h7-8H,2-6H2,1H3,(H2,11,13). The highest BCUT2D eigenvalue weighted by Crippen LogP contribution is 2.29. The summed E-state index contributed by atoms with van der Waals surface area (Å²) in [6, 6.07) is 1.23. The van der Waals surface area contributed by atoms with Gasteiger partial charge in [-0.3, -0.25) is 4.90 Å². The molecule has 0 saturated carbocycles. The maximum atomic E-state index is 5.59. The second kappa shape index (κ2) is 3.85. The lowest BCUT2D eigenvalue weighted by molar-refractivity contribution is 0.203. The lowest BCUT2D eigenvalue weighted by Gasteiger charge is -2.41. The Hall–Kier alpha value is -0.880. The molecule has 0 aromatic carbocycles. The van der Waals surface area contributed by atoms with Gasteiger partial charge in [-0.1, -0.05) is 0 Å². The first-order valence-electron chi connectivity index (χ1n) is 5.84. The zero-order valence-corrected chi connectivity index (χ0v) is 10.3. The van der Waals surface area contributed by atoms with Crippen molar-refractivity contribution < 1.29 is 0 Å². The fraction of sp³-hybridized carbons (Fsp3) is 0.800. The Bertz CT molecular complexity index is 379. The molecule has 16 heavy (non-hydrogen) atoms. The highest BCUT2D eigenvalue weighted by atomic mass is 32.1. The topological polar surface area (TPSA) is 58.3 Å². The number of nitrogen functional groups attached to an aromatic ring is 1. The van der Waals surface area contributed by atoms with Gasteiger partial charge >= 0.3 is 0 Å². The molecule has 1 aromatic heterocycles. The lowest BCUT2D eigenvalue weighted by atomic mass is 10.1. The van der Waals surface area contributed by atoms with E-state index >= 15 is 0 Å². The summed E-state index contributed by atoms with van der Waals surface area (Å²) in [4.78, 5) is 9.26. The van der Waals surface area contributed by atoms with Crippen LogP contribution in [0.5, 0.6) is 0 Å². The molecule has 3 rings (SSSR count). The Morgan fingerprint density at radius 1 is 1.44 bits per heavy atom. The summed E-state index contributed by atoms with van der Waals surface area (Å²) < 4.78 is 4.06. The van der Waals surface area contributed by atoms with Gasteiger partial charge in [0.15, 0.2) is 0 Å². The molecule has 0 aliphatic carbocycles. The van der Waals surface area contributed by atoms with Crippen LogP contribution in [-0.4, -0.2) is 46.0 Å². The number of nitrogens with zero attached hydrogens (tertiary/aromatic N) is 4. The predicted molar refractivity (Wildman–Crippen MR) is 65.7 cm³/mol. The van der Waals surface area contributed by atoms with Crippen molar-refractivity contribution in [2.24, 2.45) is 0 Å². The second-order valence-electron chi connectivity index (χ2n) is 4.73. The van der Waals surface area contributed by atoms with Crippen molar-refractivity contribution in [2.75, 3.05) is 30.3 Å². The molecule has 3 heterocycles. The fourth-order valence-electron chi connectivity index (χ4n) is 2.80. The average molecular weight is 239 g/mol. The molecule has 2 saturated heterocycles. The van der Waals surface area contributed by atoms with Crippen LogP contribution in [0.1, 0.15) is 19.8 Å². The van der Waals surface area contributed by atoms with Crippen molar-refractivity contribution in [3.63, 3.8) is 0 Å². The van der Waals surface area contributed by atoms with E-state index in [1.54, 1.807) is 0 Å². The Morgan fingerprint density at radius 3 is 3.06 bits per heavy atom. The van der Waals surface area contributed by atoms with Crippen molar-refractivity contribution in [1.29, 1.82) is 0 Å². The first-order chi connectivity index (χ1) is 7.74. The number of hydrogen-bond donors (Lipinski definition) is 1. The van der Waals surface area contributed by atoms with E-state index in [0.29, 0.717) is 18.0 Å². The number of piperazine rings is 1. The van der Waals surface area contributed by atoms with Gasteiger partial charge in [0.2, 0.25) is 11.1 Å². The van der Waals surface area contributed by atoms with Gasteiger partial charge in [0.25, 0.3) is 0 Å². The van der Waals surface area contributed by atoms with E-state index in [1.165, 1.54) is 30.9 Å². The SMILES string of the molecule is CC1CN2CCCC2CN1c1nc(N)ns1. The molecule has 0 spiro atoms. The number of aromatic nitrogens is 2. The molecule has 88 valence electrons. The maximum absolute atomic E-state index is 5.59. The molecule has 2 atom stereocenters. The summed E-state index contributed by atoms with van der Waals surface area (Å²) in [5, 5.41) is 0.983. The van der Waals surface area contributed by atoms with Crippen molar-refractivity contribution in [3.05, 3.63) is 0 Å². The summed E-state index contributed by atoms with van der Waals surface area (Å²) in [7, 11) is 0. The van der Waals surface area contributed by atoms with E-state index in [-0.39, 0.29) is 0 Å². The van der Waals surface area contributed by atoms with Crippen molar-refractivity contribution in [3.8, 4) is 0 Å². The number of hydrogen-bond acceptors (Lipinski definition) is 6. The molecule has 2 aliphatic rings. The molecule has 1 aromatic rings. The van der Waals surface area contributed by atoms with Crippen LogP contribution in [0.25, 0.3) is 0 Å². The van der Waals surface area contributed by atoms with Gasteiger partial charge in [-0.25, -0.2) is 0 Å². The minimum absolute atomic E-state index is 0.404. The summed E-state index contributed by atoms with van der Waals surface area (Å²) in [6.45, 7) is 5.74. The smallest absolute Gasteiger partial charge is 0.233 e. The summed E-state index contributed by atoms with van der Waals surface area (Å²) in [6.07, 6.45) is 2.65. The Labute approximate surface area is 99.4 Å². The van der Waals surface area contributed by atoms with E-state index in [9.17, 15) is 0 Å². The molecule has 5 nitrogen and oxygen atoms in total. The summed E-state index contributed by atoms with van der Waals surface area (Å²) in [5.74, 6) is 0.404. The number of fused-ring (bicyclic) bond motifs is 1. The van der Waals surface area contributed by atoms with Crippen LogP contribution in [0.4, 0.5) is 11.1 Å². The van der Waals surface area contributed by atoms with Crippen molar-refractivity contribution in [1.82, 2.24) is 14.3 Å². The van der Waals surface area contributed by atoms with Crippen LogP contribution in [-0.2, 0) is 0 Å².